The third kappa shape index (κ3) is 2.64. The second-order valence-corrected chi connectivity index (χ2v) is 6.53. The fraction of sp³-hybridized carbons (Fsp3) is 0.647. The molecule has 104 valence electrons. The van der Waals surface area contributed by atoms with Crippen molar-refractivity contribution in [3.05, 3.63) is 29.8 Å². The maximum Gasteiger partial charge on any atom is 0.125 e. The van der Waals surface area contributed by atoms with Crippen molar-refractivity contribution in [2.75, 3.05) is 0 Å². The van der Waals surface area contributed by atoms with Gasteiger partial charge in [-0.1, -0.05) is 43.9 Å². The number of para-hydroxylation sites is 1. The first kappa shape index (κ1) is 13.0. The molecule has 0 saturated heterocycles. The molecule has 1 aliphatic heterocycles. The van der Waals surface area contributed by atoms with Gasteiger partial charge in [0.15, 0.2) is 0 Å². The van der Waals surface area contributed by atoms with Crippen LogP contribution >= 0.6 is 0 Å². The second-order valence-electron chi connectivity index (χ2n) is 6.53. The lowest BCUT2D eigenvalue weighted by Gasteiger charge is -2.31. The molecule has 0 bridgehead atoms. The molecule has 0 radical (unpaired) electrons. The summed E-state index contributed by atoms with van der Waals surface area (Å²) in [7, 11) is 0. The maximum absolute atomic E-state index is 6.12. The van der Waals surface area contributed by atoms with Crippen LogP contribution in [-0.2, 0) is 0 Å². The third-order valence-electron chi connectivity index (χ3n) is 4.56. The van der Waals surface area contributed by atoms with Crippen molar-refractivity contribution < 1.29 is 4.74 Å². The number of nitrogens with one attached hydrogen (secondary N) is 1. The van der Waals surface area contributed by atoms with Crippen molar-refractivity contribution in [2.45, 2.75) is 70.1 Å². The Balaban J connectivity index is 1.78. The van der Waals surface area contributed by atoms with Gasteiger partial charge in [-0.15, -0.1) is 0 Å². The van der Waals surface area contributed by atoms with Crippen LogP contribution in [0, 0.1) is 0 Å². The van der Waals surface area contributed by atoms with Crippen LogP contribution in [0.3, 0.4) is 0 Å². The van der Waals surface area contributed by atoms with Gasteiger partial charge < -0.3 is 10.1 Å². The molecule has 19 heavy (non-hydrogen) atoms. The molecule has 1 heterocycles. The predicted octanol–water partition coefficient (Wildman–Crippen LogP) is 4.21. The Labute approximate surface area is 116 Å². The standard InChI is InChI=1S/C17H25NO/c1-17(2)16(14-11-7-8-12-15(14)19-17)18-13-9-5-3-4-6-10-13/h7-8,11-13,16,18H,3-6,9-10H2,1-2H3. The summed E-state index contributed by atoms with van der Waals surface area (Å²) < 4.78 is 6.12. The molecule has 1 atom stereocenters. The number of fused-ring (bicyclic) bond motifs is 1. The van der Waals surface area contributed by atoms with E-state index in [1.54, 1.807) is 0 Å². The summed E-state index contributed by atoms with van der Waals surface area (Å²) >= 11 is 0. The summed E-state index contributed by atoms with van der Waals surface area (Å²) in [6.45, 7) is 4.39. The van der Waals surface area contributed by atoms with Crippen molar-refractivity contribution in [3.63, 3.8) is 0 Å². The Morgan fingerprint density at radius 2 is 1.74 bits per heavy atom. The van der Waals surface area contributed by atoms with Gasteiger partial charge in [0.1, 0.15) is 11.4 Å². The zero-order valence-electron chi connectivity index (χ0n) is 12.1. The van der Waals surface area contributed by atoms with E-state index in [2.05, 4.69) is 43.4 Å². The number of ether oxygens (including phenoxy) is 1. The van der Waals surface area contributed by atoms with E-state index in [9.17, 15) is 0 Å². The van der Waals surface area contributed by atoms with Crippen LogP contribution in [0.15, 0.2) is 24.3 Å². The van der Waals surface area contributed by atoms with Crippen LogP contribution in [0.1, 0.15) is 64.0 Å². The van der Waals surface area contributed by atoms with Gasteiger partial charge in [-0.25, -0.2) is 0 Å². The second kappa shape index (κ2) is 5.16. The molecular weight excluding hydrogens is 234 g/mol. The summed E-state index contributed by atoms with van der Waals surface area (Å²) in [5.74, 6) is 1.05. The van der Waals surface area contributed by atoms with Gasteiger partial charge >= 0.3 is 0 Å². The van der Waals surface area contributed by atoms with Crippen LogP contribution in [0.4, 0.5) is 0 Å². The lowest BCUT2D eigenvalue weighted by molar-refractivity contribution is 0.0897. The van der Waals surface area contributed by atoms with Gasteiger partial charge in [0.25, 0.3) is 0 Å². The first-order chi connectivity index (χ1) is 9.17. The molecule has 2 heteroatoms. The number of hydrogen-bond acceptors (Lipinski definition) is 2. The molecule has 2 nitrogen and oxygen atoms in total. The van der Waals surface area contributed by atoms with Crippen molar-refractivity contribution in [3.8, 4) is 5.75 Å². The Hall–Kier alpha value is -1.02. The Kier molecular flexibility index (Phi) is 3.53. The summed E-state index contributed by atoms with van der Waals surface area (Å²) in [5.41, 5.74) is 1.19. The summed E-state index contributed by atoms with van der Waals surface area (Å²) in [5, 5.41) is 3.88. The number of hydrogen-bond donors (Lipinski definition) is 1. The lowest BCUT2D eigenvalue weighted by Crippen LogP contribution is -2.43. The molecule has 0 aromatic heterocycles. The molecule has 0 spiro atoms. The monoisotopic (exact) mass is 259 g/mol. The first-order valence-corrected chi connectivity index (χ1v) is 7.71. The fourth-order valence-corrected chi connectivity index (χ4v) is 3.50. The fourth-order valence-electron chi connectivity index (χ4n) is 3.50. The normalized spacial score (nSPS) is 26.5. The molecule has 2 aliphatic rings. The lowest BCUT2D eigenvalue weighted by atomic mass is 9.92. The summed E-state index contributed by atoms with van der Waals surface area (Å²) in [6.07, 6.45) is 8.17. The van der Waals surface area contributed by atoms with E-state index in [0.29, 0.717) is 12.1 Å². The Bertz CT molecular complexity index is 433. The van der Waals surface area contributed by atoms with E-state index in [0.717, 1.165) is 5.75 Å². The summed E-state index contributed by atoms with van der Waals surface area (Å²) in [6, 6.07) is 9.45. The van der Waals surface area contributed by atoms with Crippen molar-refractivity contribution in [1.82, 2.24) is 5.32 Å². The Morgan fingerprint density at radius 1 is 1.05 bits per heavy atom. The minimum Gasteiger partial charge on any atom is -0.486 e. The van der Waals surface area contributed by atoms with Gasteiger partial charge in [-0.2, -0.15) is 0 Å². The smallest absolute Gasteiger partial charge is 0.125 e. The molecule has 0 amide bonds. The van der Waals surface area contributed by atoms with E-state index in [1.165, 1.54) is 44.1 Å². The molecule has 1 N–H and O–H groups in total. The SMILES string of the molecule is CC1(C)Oc2ccccc2C1NC1CCCCCC1. The van der Waals surface area contributed by atoms with E-state index in [1.807, 2.05) is 0 Å². The average Bonchev–Trinajstić information content (AvgIpc) is 2.57. The molecule has 1 aromatic carbocycles. The predicted molar refractivity (Wildman–Crippen MR) is 78.5 cm³/mol. The highest BCUT2D eigenvalue weighted by molar-refractivity contribution is 5.42. The minimum absolute atomic E-state index is 0.143. The van der Waals surface area contributed by atoms with E-state index >= 15 is 0 Å². The molecule has 1 aromatic rings. The van der Waals surface area contributed by atoms with Gasteiger partial charge in [-0.05, 0) is 32.8 Å². The van der Waals surface area contributed by atoms with Crippen LogP contribution in [-0.4, -0.2) is 11.6 Å². The largest absolute Gasteiger partial charge is 0.486 e. The van der Waals surface area contributed by atoms with Crippen LogP contribution in [0.25, 0.3) is 0 Å². The average molecular weight is 259 g/mol. The van der Waals surface area contributed by atoms with E-state index < -0.39 is 0 Å². The van der Waals surface area contributed by atoms with Crippen molar-refractivity contribution >= 4 is 0 Å². The topological polar surface area (TPSA) is 21.3 Å². The van der Waals surface area contributed by atoms with Crippen molar-refractivity contribution in [1.29, 1.82) is 0 Å². The highest BCUT2D eigenvalue weighted by Crippen LogP contribution is 2.43. The van der Waals surface area contributed by atoms with E-state index in [-0.39, 0.29) is 5.60 Å². The molecule has 1 saturated carbocycles. The van der Waals surface area contributed by atoms with Gasteiger partial charge in [0, 0.05) is 11.6 Å². The minimum atomic E-state index is -0.143. The van der Waals surface area contributed by atoms with Gasteiger partial charge in [-0.3, -0.25) is 0 Å². The zero-order valence-corrected chi connectivity index (χ0v) is 12.1. The summed E-state index contributed by atoms with van der Waals surface area (Å²) in [4.78, 5) is 0. The molecule has 3 rings (SSSR count). The molecule has 1 fully saturated rings. The van der Waals surface area contributed by atoms with Crippen LogP contribution in [0.5, 0.6) is 5.75 Å². The molecule has 1 unspecified atom stereocenters. The highest BCUT2D eigenvalue weighted by Gasteiger charge is 2.41. The van der Waals surface area contributed by atoms with E-state index in [4.69, 9.17) is 4.74 Å². The third-order valence-corrected chi connectivity index (χ3v) is 4.56. The van der Waals surface area contributed by atoms with Crippen LogP contribution in [0.2, 0.25) is 0 Å². The highest BCUT2D eigenvalue weighted by atomic mass is 16.5. The van der Waals surface area contributed by atoms with Crippen molar-refractivity contribution in [2.24, 2.45) is 0 Å². The molecular formula is C17H25NO. The maximum atomic E-state index is 6.12. The van der Waals surface area contributed by atoms with Gasteiger partial charge in [0.2, 0.25) is 0 Å². The zero-order chi connectivity index (χ0) is 13.3. The Morgan fingerprint density at radius 3 is 2.47 bits per heavy atom. The molecule has 1 aliphatic carbocycles. The van der Waals surface area contributed by atoms with Gasteiger partial charge in [0.05, 0.1) is 6.04 Å². The quantitative estimate of drug-likeness (QED) is 0.803. The number of benzene rings is 1. The van der Waals surface area contributed by atoms with Crippen LogP contribution < -0.4 is 10.1 Å². The number of rotatable bonds is 2. The first-order valence-electron chi connectivity index (χ1n) is 7.71.